The minimum atomic E-state index is -0.417. The summed E-state index contributed by atoms with van der Waals surface area (Å²) in [6, 6.07) is 0. The van der Waals surface area contributed by atoms with E-state index in [0.717, 1.165) is 30.4 Å². The van der Waals surface area contributed by atoms with E-state index in [4.69, 9.17) is 0 Å². The molecule has 0 aromatic carbocycles. The van der Waals surface area contributed by atoms with E-state index < -0.39 is 4.92 Å². The average Bonchev–Trinajstić information content (AvgIpc) is 3.22. The van der Waals surface area contributed by atoms with Crippen molar-refractivity contribution in [1.82, 2.24) is 24.6 Å². The Morgan fingerprint density at radius 3 is 3.00 bits per heavy atom. The van der Waals surface area contributed by atoms with Gasteiger partial charge >= 0.3 is 5.82 Å². The van der Waals surface area contributed by atoms with Gasteiger partial charge in [-0.3, -0.25) is 5.10 Å². The van der Waals surface area contributed by atoms with Gasteiger partial charge in [0.2, 0.25) is 10.2 Å². The number of aromatic nitrogens is 5. The quantitative estimate of drug-likeness (QED) is 0.579. The number of imidazole rings is 1. The van der Waals surface area contributed by atoms with E-state index in [0.29, 0.717) is 21.1 Å². The number of nitrogens with one attached hydrogen (secondary N) is 1. The SMILES string of the molecule is O=[N+]([O-])c1c(Sc2n[nH]c(C3CCCC3)n2)nc2sccn12. The molecule has 0 spiro atoms. The van der Waals surface area contributed by atoms with Crippen molar-refractivity contribution in [3.05, 3.63) is 27.5 Å². The lowest BCUT2D eigenvalue weighted by Gasteiger charge is -2.01. The summed E-state index contributed by atoms with van der Waals surface area (Å²) in [5.74, 6) is 1.28. The Bertz CT molecular complexity index is 832. The van der Waals surface area contributed by atoms with Crippen molar-refractivity contribution in [2.24, 2.45) is 0 Å². The van der Waals surface area contributed by atoms with Gasteiger partial charge in [0.1, 0.15) is 12.0 Å². The zero-order chi connectivity index (χ0) is 15.1. The van der Waals surface area contributed by atoms with Gasteiger partial charge in [0.25, 0.3) is 4.96 Å². The van der Waals surface area contributed by atoms with Crippen molar-refractivity contribution in [3.63, 3.8) is 0 Å². The van der Waals surface area contributed by atoms with Crippen molar-refractivity contribution in [2.45, 2.75) is 41.8 Å². The number of fused-ring (bicyclic) bond motifs is 1. The van der Waals surface area contributed by atoms with E-state index in [1.54, 1.807) is 11.6 Å². The maximum Gasteiger partial charge on any atom is 0.363 e. The molecule has 0 bridgehead atoms. The van der Waals surface area contributed by atoms with Crippen molar-refractivity contribution >= 4 is 33.9 Å². The van der Waals surface area contributed by atoms with Crippen LogP contribution in [0.1, 0.15) is 37.4 Å². The maximum absolute atomic E-state index is 11.3. The first-order valence-electron chi connectivity index (χ1n) is 6.92. The molecule has 8 nitrogen and oxygen atoms in total. The summed E-state index contributed by atoms with van der Waals surface area (Å²) in [5, 5.41) is 21.0. The Balaban J connectivity index is 1.64. The molecule has 0 amide bonds. The van der Waals surface area contributed by atoms with Crippen molar-refractivity contribution in [1.29, 1.82) is 0 Å². The molecule has 0 radical (unpaired) electrons. The largest absolute Gasteiger partial charge is 0.363 e. The van der Waals surface area contributed by atoms with E-state index in [1.807, 2.05) is 0 Å². The second-order valence-electron chi connectivity index (χ2n) is 5.14. The maximum atomic E-state index is 11.3. The van der Waals surface area contributed by atoms with Gasteiger partial charge in [0.05, 0.1) is 0 Å². The summed E-state index contributed by atoms with van der Waals surface area (Å²) in [6.07, 6.45) is 6.34. The molecule has 1 aliphatic rings. The molecule has 114 valence electrons. The van der Waals surface area contributed by atoms with Crippen molar-refractivity contribution in [3.8, 4) is 0 Å². The Kier molecular flexibility index (Phi) is 3.34. The summed E-state index contributed by atoms with van der Waals surface area (Å²) >= 11 is 2.49. The van der Waals surface area contributed by atoms with Gasteiger partial charge in [-0.15, -0.1) is 5.10 Å². The standard InChI is InChI=1S/C12H12N6O2S2/c19-18(20)10-9(14-12-17(10)5-6-21-12)22-11-13-8(15-16-11)7-3-1-2-4-7/h5-7H,1-4H2,(H,13,15,16). The number of hydrogen-bond donors (Lipinski definition) is 1. The van der Waals surface area contributed by atoms with E-state index in [-0.39, 0.29) is 5.82 Å². The summed E-state index contributed by atoms with van der Waals surface area (Å²) in [7, 11) is 0. The summed E-state index contributed by atoms with van der Waals surface area (Å²) in [6.45, 7) is 0. The first-order valence-corrected chi connectivity index (χ1v) is 8.62. The highest BCUT2D eigenvalue weighted by molar-refractivity contribution is 7.99. The highest BCUT2D eigenvalue weighted by Gasteiger charge is 2.26. The summed E-state index contributed by atoms with van der Waals surface area (Å²) in [5.41, 5.74) is 0. The molecule has 10 heteroatoms. The first-order chi connectivity index (χ1) is 10.7. The van der Waals surface area contributed by atoms with Gasteiger partial charge in [-0.1, -0.05) is 24.2 Å². The molecule has 4 rings (SSSR count). The molecule has 0 saturated heterocycles. The number of H-pyrrole nitrogens is 1. The van der Waals surface area contributed by atoms with Crippen LogP contribution in [0.2, 0.25) is 0 Å². The van der Waals surface area contributed by atoms with Crippen molar-refractivity contribution < 1.29 is 4.92 Å². The number of nitro groups is 1. The topological polar surface area (TPSA) is 102 Å². The lowest BCUT2D eigenvalue weighted by Crippen LogP contribution is -1.95. The lowest BCUT2D eigenvalue weighted by atomic mass is 10.1. The first kappa shape index (κ1) is 13.7. The van der Waals surface area contributed by atoms with Gasteiger partial charge in [0, 0.05) is 11.3 Å². The van der Waals surface area contributed by atoms with Crippen LogP contribution in [0.3, 0.4) is 0 Å². The van der Waals surface area contributed by atoms with E-state index >= 15 is 0 Å². The molecule has 22 heavy (non-hydrogen) atoms. The monoisotopic (exact) mass is 336 g/mol. The normalized spacial score (nSPS) is 15.8. The van der Waals surface area contributed by atoms with Crippen LogP contribution in [0, 0.1) is 10.1 Å². The molecule has 1 fully saturated rings. The zero-order valence-corrected chi connectivity index (χ0v) is 13.1. The predicted molar refractivity (Wildman–Crippen MR) is 81.4 cm³/mol. The Labute approximate surface area is 133 Å². The number of nitrogens with zero attached hydrogens (tertiary/aromatic N) is 5. The molecule has 3 heterocycles. The van der Waals surface area contributed by atoms with Crippen LogP contribution in [0.25, 0.3) is 4.96 Å². The smallest absolute Gasteiger partial charge is 0.358 e. The fraction of sp³-hybridized carbons (Fsp3) is 0.417. The molecular formula is C12H12N6O2S2. The number of aromatic amines is 1. The molecule has 1 saturated carbocycles. The zero-order valence-electron chi connectivity index (χ0n) is 11.4. The summed E-state index contributed by atoms with van der Waals surface area (Å²) < 4.78 is 1.48. The predicted octanol–water partition coefficient (Wildman–Crippen LogP) is 3.23. The second-order valence-corrected chi connectivity index (χ2v) is 6.97. The van der Waals surface area contributed by atoms with E-state index in [9.17, 15) is 10.1 Å². The number of thiazole rings is 1. The molecule has 3 aromatic rings. The van der Waals surface area contributed by atoms with Gasteiger partial charge < -0.3 is 10.1 Å². The van der Waals surface area contributed by atoms with E-state index in [1.165, 1.54) is 28.6 Å². The molecule has 0 aliphatic heterocycles. The van der Waals surface area contributed by atoms with Gasteiger partial charge in [0.15, 0.2) is 0 Å². The van der Waals surface area contributed by atoms with Crippen LogP contribution in [-0.2, 0) is 0 Å². The molecule has 0 unspecified atom stereocenters. The fourth-order valence-corrected chi connectivity index (χ4v) is 4.33. The minimum Gasteiger partial charge on any atom is -0.358 e. The average molecular weight is 336 g/mol. The Morgan fingerprint density at radius 2 is 2.23 bits per heavy atom. The third-order valence-electron chi connectivity index (χ3n) is 3.79. The third kappa shape index (κ3) is 2.28. The molecule has 1 N–H and O–H groups in total. The highest BCUT2D eigenvalue weighted by atomic mass is 32.2. The van der Waals surface area contributed by atoms with E-state index in [2.05, 4.69) is 20.2 Å². The van der Waals surface area contributed by atoms with Crippen LogP contribution >= 0.6 is 23.1 Å². The molecule has 0 atom stereocenters. The third-order valence-corrected chi connectivity index (χ3v) is 5.38. The van der Waals surface area contributed by atoms with Crippen LogP contribution in [0.4, 0.5) is 5.82 Å². The second kappa shape index (κ2) is 5.36. The van der Waals surface area contributed by atoms with Crippen LogP contribution in [0.15, 0.2) is 21.8 Å². The fourth-order valence-electron chi connectivity index (χ4n) is 2.76. The van der Waals surface area contributed by atoms with Gasteiger partial charge in [-0.25, -0.2) is 4.98 Å². The van der Waals surface area contributed by atoms with Crippen LogP contribution in [0.5, 0.6) is 0 Å². The Hall–Kier alpha value is -1.94. The van der Waals surface area contributed by atoms with Crippen LogP contribution < -0.4 is 0 Å². The van der Waals surface area contributed by atoms with Crippen LogP contribution in [-0.4, -0.2) is 29.5 Å². The lowest BCUT2D eigenvalue weighted by molar-refractivity contribution is -0.393. The minimum absolute atomic E-state index is 0.0338. The number of rotatable bonds is 4. The Morgan fingerprint density at radius 1 is 1.41 bits per heavy atom. The summed E-state index contributed by atoms with van der Waals surface area (Å²) in [4.78, 5) is 20.2. The van der Waals surface area contributed by atoms with Gasteiger partial charge in [-0.05, 0) is 29.5 Å². The molecular weight excluding hydrogens is 324 g/mol. The van der Waals surface area contributed by atoms with Crippen molar-refractivity contribution in [2.75, 3.05) is 0 Å². The highest BCUT2D eigenvalue weighted by Crippen LogP contribution is 2.36. The van der Waals surface area contributed by atoms with Gasteiger partial charge in [-0.2, -0.15) is 9.38 Å². The number of hydrogen-bond acceptors (Lipinski definition) is 7. The molecule has 3 aromatic heterocycles. The molecule has 1 aliphatic carbocycles.